The largest absolute Gasteiger partial charge is 0.354 e. The van der Waals surface area contributed by atoms with Crippen LogP contribution in [0.15, 0.2) is 5.38 Å². The molecule has 0 saturated heterocycles. The van der Waals surface area contributed by atoms with Gasteiger partial charge >= 0.3 is 0 Å². The maximum atomic E-state index is 5.94. The highest BCUT2D eigenvalue weighted by molar-refractivity contribution is 7.13. The Morgan fingerprint density at radius 2 is 2.31 bits per heavy atom. The molecule has 1 heterocycles. The van der Waals surface area contributed by atoms with Crippen LogP contribution in [0, 0.1) is 0 Å². The molecule has 1 atom stereocenters. The van der Waals surface area contributed by atoms with Crippen LogP contribution >= 0.6 is 11.3 Å². The van der Waals surface area contributed by atoms with Gasteiger partial charge in [0.1, 0.15) is 0 Å². The van der Waals surface area contributed by atoms with Gasteiger partial charge in [0.15, 0.2) is 5.13 Å². The summed E-state index contributed by atoms with van der Waals surface area (Å²) < 4.78 is 0. The van der Waals surface area contributed by atoms with E-state index in [1.165, 1.54) is 0 Å². The molecule has 1 unspecified atom stereocenters. The molecule has 0 saturated carbocycles. The van der Waals surface area contributed by atoms with Crippen molar-refractivity contribution in [2.45, 2.75) is 25.8 Å². The molecule has 0 fully saturated rings. The second-order valence-electron chi connectivity index (χ2n) is 3.34. The van der Waals surface area contributed by atoms with Gasteiger partial charge in [0, 0.05) is 25.5 Å². The summed E-state index contributed by atoms with van der Waals surface area (Å²) in [7, 11) is 3.99. The highest BCUT2D eigenvalue weighted by Crippen LogP contribution is 2.23. The van der Waals surface area contributed by atoms with E-state index >= 15 is 0 Å². The smallest absolute Gasteiger partial charge is 0.185 e. The van der Waals surface area contributed by atoms with Crippen molar-refractivity contribution >= 4 is 16.5 Å². The van der Waals surface area contributed by atoms with E-state index in [-0.39, 0.29) is 6.04 Å². The van der Waals surface area contributed by atoms with E-state index in [9.17, 15) is 0 Å². The van der Waals surface area contributed by atoms with Crippen molar-refractivity contribution in [3.8, 4) is 0 Å². The number of nitrogens with zero attached hydrogens (tertiary/aromatic N) is 2. The SMILES string of the molecule is CCCC(N)c1csc(N(C)C)n1. The highest BCUT2D eigenvalue weighted by Gasteiger charge is 2.09. The molecule has 0 aliphatic carbocycles. The van der Waals surface area contributed by atoms with Gasteiger partial charge in [-0.1, -0.05) is 13.3 Å². The Morgan fingerprint density at radius 3 is 2.77 bits per heavy atom. The van der Waals surface area contributed by atoms with Crippen LogP contribution in [-0.4, -0.2) is 19.1 Å². The standard InChI is InChI=1S/C9H17N3S/c1-4-5-7(10)8-6-13-9(11-8)12(2)3/h6-7H,4-5,10H2,1-3H3. The Bertz CT molecular complexity index is 257. The van der Waals surface area contributed by atoms with Gasteiger partial charge in [0.05, 0.1) is 5.69 Å². The van der Waals surface area contributed by atoms with Crippen molar-refractivity contribution in [1.29, 1.82) is 0 Å². The molecule has 0 radical (unpaired) electrons. The lowest BCUT2D eigenvalue weighted by Crippen LogP contribution is -2.12. The quantitative estimate of drug-likeness (QED) is 0.806. The first kappa shape index (κ1) is 10.5. The van der Waals surface area contributed by atoms with Crippen molar-refractivity contribution in [3.63, 3.8) is 0 Å². The van der Waals surface area contributed by atoms with Crippen LogP contribution in [0.1, 0.15) is 31.5 Å². The van der Waals surface area contributed by atoms with Crippen LogP contribution in [0.4, 0.5) is 5.13 Å². The molecular formula is C9H17N3S. The molecule has 0 amide bonds. The van der Waals surface area contributed by atoms with E-state index in [0.29, 0.717) is 0 Å². The lowest BCUT2D eigenvalue weighted by atomic mass is 10.1. The van der Waals surface area contributed by atoms with Crippen molar-refractivity contribution in [2.75, 3.05) is 19.0 Å². The molecular weight excluding hydrogens is 182 g/mol. The third kappa shape index (κ3) is 2.67. The number of rotatable bonds is 4. The molecule has 2 N–H and O–H groups in total. The van der Waals surface area contributed by atoms with E-state index < -0.39 is 0 Å². The average molecular weight is 199 g/mol. The van der Waals surface area contributed by atoms with Crippen LogP contribution in [0.25, 0.3) is 0 Å². The van der Waals surface area contributed by atoms with Gasteiger partial charge in [0.25, 0.3) is 0 Å². The van der Waals surface area contributed by atoms with Gasteiger partial charge in [-0.2, -0.15) is 0 Å². The number of aromatic nitrogens is 1. The second-order valence-corrected chi connectivity index (χ2v) is 4.18. The molecule has 1 rings (SSSR count). The Morgan fingerprint density at radius 1 is 1.62 bits per heavy atom. The number of thiazole rings is 1. The zero-order valence-electron chi connectivity index (χ0n) is 8.45. The highest BCUT2D eigenvalue weighted by atomic mass is 32.1. The molecule has 74 valence electrons. The number of hydrogen-bond acceptors (Lipinski definition) is 4. The average Bonchev–Trinajstić information content (AvgIpc) is 2.52. The van der Waals surface area contributed by atoms with E-state index in [2.05, 4.69) is 17.3 Å². The molecule has 0 aromatic carbocycles. The Labute approximate surface area is 83.6 Å². The lowest BCUT2D eigenvalue weighted by molar-refractivity contribution is 0.625. The van der Waals surface area contributed by atoms with Crippen LogP contribution in [0.2, 0.25) is 0 Å². The van der Waals surface area contributed by atoms with Gasteiger partial charge < -0.3 is 10.6 Å². The molecule has 4 heteroatoms. The summed E-state index contributed by atoms with van der Waals surface area (Å²) in [5.41, 5.74) is 6.97. The van der Waals surface area contributed by atoms with Crippen LogP contribution in [0.3, 0.4) is 0 Å². The van der Waals surface area contributed by atoms with E-state index in [0.717, 1.165) is 23.7 Å². The zero-order valence-corrected chi connectivity index (χ0v) is 9.27. The summed E-state index contributed by atoms with van der Waals surface area (Å²) in [4.78, 5) is 6.45. The summed E-state index contributed by atoms with van der Waals surface area (Å²) in [5, 5.41) is 3.08. The molecule has 0 aliphatic rings. The third-order valence-corrected chi connectivity index (χ3v) is 2.90. The monoisotopic (exact) mass is 199 g/mol. The normalized spacial score (nSPS) is 12.9. The summed E-state index contributed by atoms with van der Waals surface area (Å²) in [6.45, 7) is 2.14. The first-order valence-electron chi connectivity index (χ1n) is 4.53. The molecule has 0 spiro atoms. The van der Waals surface area contributed by atoms with Crippen molar-refractivity contribution < 1.29 is 0 Å². The summed E-state index contributed by atoms with van der Waals surface area (Å²) >= 11 is 1.65. The summed E-state index contributed by atoms with van der Waals surface area (Å²) in [6.07, 6.45) is 2.12. The van der Waals surface area contributed by atoms with Gasteiger partial charge in [-0.25, -0.2) is 4.98 Å². The third-order valence-electron chi connectivity index (χ3n) is 1.87. The Kier molecular flexibility index (Phi) is 3.69. The van der Waals surface area contributed by atoms with Crippen LogP contribution in [0.5, 0.6) is 0 Å². The molecule has 1 aromatic rings. The first-order valence-corrected chi connectivity index (χ1v) is 5.41. The topological polar surface area (TPSA) is 42.1 Å². The molecule has 1 aromatic heterocycles. The predicted octanol–water partition coefficient (Wildman–Crippen LogP) is 2.01. The Hall–Kier alpha value is -0.610. The van der Waals surface area contributed by atoms with Gasteiger partial charge in [-0.05, 0) is 6.42 Å². The zero-order chi connectivity index (χ0) is 9.84. The van der Waals surface area contributed by atoms with E-state index in [1.807, 2.05) is 19.0 Å². The maximum absolute atomic E-state index is 5.94. The molecule has 13 heavy (non-hydrogen) atoms. The number of hydrogen-bond donors (Lipinski definition) is 1. The predicted molar refractivity (Wildman–Crippen MR) is 58.3 cm³/mol. The second kappa shape index (κ2) is 4.58. The fourth-order valence-corrected chi connectivity index (χ4v) is 1.93. The number of nitrogens with two attached hydrogens (primary N) is 1. The van der Waals surface area contributed by atoms with Crippen molar-refractivity contribution in [2.24, 2.45) is 5.73 Å². The molecule has 0 aliphatic heterocycles. The molecule has 0 bridgehead atoms. The minimum atomic E-state index is 0.106. The van der Waals surface area contributed by atoms with Gasteiger partial charge in [-0.3, -0.25) is 0 Å². The summed E-state index contributed by atoms with van der Waals surface area (Å²) in [6, 6.07) is 0.106. The fourth-order valence-electron chi connectivity index (χ4n) is 1.11. The summed E-state index contributed by atoms with van der Waals surface area (Å²) in [5.74, 6) is 0. The minimum absolute atomic E-state index is 0.106. The number of anilines is 1. The van der Waals surface area contributed by atoms with Crippen molar-refractivity contribution in [1.82, 2.24) is 4.98 Å². The van der Waals surface area contributed by atoms with E-state index in [4.69, 9.17) is 5.73 Å². The minimum Gasteiger partial charge on any atom is -0.354 e. The van der Waals surface area contributed by atoms with E-state index in [1.54, 1.807) is 11.3 Å². The molecule has 3 nitrogen and oxygen atoms in total. The first-order chi connectivity index (χ1) is 6.15. The van der Waals surface area contributed by atoms with Crippen LogP contribution < -0.4 is 10.6 Å². The van der Waals surface area contributed by atoms with Crippen LogP contribution in [-0.2, 0) is 0 Å². The lowest BCUT2D eigenvalue weighted by Gasteiger charge is -2.08. The van der Waals surface area contributed by atoms with Gasteiger partial charge in [0.2, 0.25) is 0 Å². The van der Waals surface area contributed by atoms with Crippen molar-refractivity contribution in [3.05, 3.63) is 11.1 Å². The Balaban J connectivity index is 2.67. The maximum Gasteiger partial charge on any atom is 0.185 e. The fraction of sp³-hybridized carbons (Fsp3) is 0.667. The van der Waals surface area contributed by atoms with Gasteiger partial charge in [-0.15, -0.1) is 11.3 Å².